The van der Waals surface area contributed by atoms with Crippen molar-refractivity contribution in [2.45, 2.75) is 6.18 Å². The number of benzene rings is 1. The second-order valence-electron chi connectivity index (χ2n) is 4.12. The lowest BCUT2D eigenvalue weighted by Crippen LogP contribution is -2.12. The first kappa shape index (κ1) is 13.0. The molecule has 0 saturated carbocycles. The first-order chi connectivity index (χ1) is 9.38. The summed E-state index contributed by atoms with van der Waals surface area (Å²) < 4.78 is 44.6. The van der Waals surface area contributed by atoms with Crippen LogP contribution < -0.4 is 0 Å². The van der Waals surface area contributed by atoms with Gasteiger partial charge in [-0.2, -0.15) is 18.3 Å². The van der Waals surface area contributed by atoms with Crippen molar-refractivity contribution in [3.8, 4) is 11.6 Å². The predicted octanol–water partition coefficient (Wildman–Crippen LogP) is 3.90. The quantitative estimate of drug-likeness (QED) is 0.684. The Balaban J connectivity index is 2.20. The standard InChI is InChI=1S/C12H7ClF3N3O/c1-19-10(12(14,15)16)8(13)9(18-19)11-17-6-4-2-3-5-7(6)20-11/h2-5H,1H3. The van der Waals surface area contributed by atoms with Crippen LogP contribution >= 0.6 is 11.6 Å². The average Bonchev–Trinajstić information content (AvgIpc) is 2.88. The summed E-state index contributed by atoms with van der Waals surface area (Å²) in [5.41, 5.74) is -0.176. The smallest absolute Gasteiger partial charge is 0.434 e. The number of para-hydroxylation sites is 2. The van der Waals surface area contributed by atoms with Crippen LogP contribution in [-0.4, -0.2) is 14.8 Å². The van der Waals surface area contributed by atoms with Gasteiger partial charge in [-0.1, -0.05) is 23.7 Å². The summed E-state index contributed by atoms with van der Waals surface area (Å²) in [4.78, 5) is 4.09. The molecule has 0 fully saturated rings. The molecule has 4 nitrogen and oxygen atoms in total. The first-order valence-electron chi connectivity index (χ1n) is 5.53. The largest absolute Gasteiger partial charge is 0.435 e. The number of alkyl halides is 3. The second kappa shape index (κ2) is 4.24. The van der Waals surface area contributed by atoms with E-state index in [1.54, 1.807) is 24.3 Å². The molecule has 0 aliphatic rings. The molecule has 0 saturated heterocycles. The fourth-order valence-electron chi connectivity index (χ4n) is 1.92. The van der Waals surface area contributed by atoms with E-state index in [0.29, 0.717) is 15.8 Å². The van der Waals surface area contributed by atoms with Crippen LogP contribution in [0.4, 0.5) is 13.2 Å². The number of fused-ring (bicyclic) bond motifs is 1. The molecule has 0 amide bonds. The Morgan fingerprint density at radius 2 is 1.95 bits per heavy atom. The lowest BCUT2D eigenvalue weighted by molar-refractivity contribution is -0.143. The van der Waals surface area contributed by atoms with Crippen molar-refractivity contribution in [1.29, 1.82) is 0 Å². The van der Waals surface area contributed by atoms with Crippen molar-refractivity contribution in [1.82, 2.24) is 14.8 Å². The Hall–Kier alpha value is -2.02. The molecule has 0 N–H and O–H groups in total. The molecule has 3 rings (SSSR count). The summed E-state index contributed by atoms with van der Waals surface area (Å²) in [6.45, 7) is 0. The third-order valence-corrected chi connectivity index (χ3v) is 3.11. The van der Waals surface area contributed by atoms with Gasteiger partial charge < -0.3 is 4.42 Å². The summed E-state index contributed by atoms with van der Waals surface area (Å²) in [6, 6.07) is 6.82. The van der Waals surface area contributed by atoms with E-state index in [2.05, 4.69) is 10.1 Å². The Morgan fingerprint density at radius 3 is 2.55 bits per heavy atom. The molecule has 2 heterocycles. The number of halogens is 4. The van der Waals surface area contributed by atoms with Gasteiger partial charge >= 0.3 is 6.18 Å². The molecule has 104 valence electrons. The summed E-state index contributed by atoms with van der Waals surface area (Å²) in [6.07, 6.45) is -4.59. The van der Waals surface area contributed by atoms with Crippen LogP contribution in [0.5, 0.6) is 0 Å². The van der Waals surface area contributed by atoms with Gasteiger partial charge in [0.1, 0.15) is 10.5 Å². The van der Waals surface area contributed by atoms with Crippen molar-refractivity contribution < 1.29 is 17.6 Å². The topological polar surface area (TPSA) is 43.9 Å². The molecule has 1 aromatic carbocycles. The number of aromatic nitrogens is 3. The molecule has 0 unspecified atom stereocenters. The van der Waals surface area contributed by atoms with Gasteiger partial charge in [0.25, 0.3) is 0 Å². The zero-order valence-corrected chi connectivity index (χ0v) is 10.8. The molecule has 0 aliphatic heterocycles. The molecule has 0 spiro atoms. The van der Waals surface area contributed by atoms with E-state index in [4.69, 9.17) is 16.0 Å². The fourth-order valence-corrected chi connectivity index (χ4v) is 2.26. The minimum atomic E-state index is -4.59. The van der Waals surface area contributed by atoms with Crippen LogP contribution in [-0.2, 0) is 13.2 Å². The number of hydrogen-bond acceptors (Lipinski definition) is 3. The lowest BCUT2D eigenvalue weighted by Gasteiger charge is -2.05. The number of hydrogen-bond donors (Lipinski definition) is 0. The maximum atomic E-state index is 12.8. The van der Waals surface area contributed by atoms with E-state index in [-0.39, 0.29) is 11.6 Å². The summed E-state index contributed by atoms with van der Waals surface area (Å²) in [7, 11) is 1.17. The highest BCUT2D eigenvalue weighted by atomic mass is 35.5. The zero-order valence-electron chi connectivity index (χ0n) is 10.1. The molecular formula is C12H7ClF3N3O. The molecule has 8 heteroatoms. The van der Waals surface area contributed by atoms with E-state index in [9.17, 15) is 13.2 Å². The van der Waals surface area contributed by atoms with Gasteiger partial charge in [0.2, 0.25) is 5.89 Å². The number of oxazole rings is 1. The van der Waals surface area contributed by atoms with E-state index < -0.39 is 16.9 Å². The fraction of sp³-hybridized carbons (Fsp3) is 0.167. The zero-order chi connectivity index (χ0) is 14.5. The van der Waals surface area contributed by atoms with Crippen LogP contribution in [0.25, 0.3) is 22.7 Å². The van der Waals surface area contributed by atoms with Crippen LogP contribution in [0.15, 0.2) is 28.7 Å². The van der Waals surface area contributed by atoms with Crippen LogP contribution in [0.3, 0.4) is 0 Å². The van der Waals surface area contributed by atoms with Crippen LogP contribution in [0, 0.1) is 0 Å². The average molecular weight is 302 g/mol. The van der Waals surface area contributed by atoms with E-state index in [1.807, 2.05) is 0 Å². The van der Waals surface area contributed by atoms with E-state index in [0.717, 1.165) is 0 Å². The summed E-state index contributed by atoms with van der Waals surface area (Å²) in [5, 5.41) is 3.23. The van der Waals surface area contributed by atoms with Gasteiger partial charge in [-0.15, -0.1) is 0 Å². The van der Waals surface area contributed by atoms with Crippen LogP contribution in [0.1, 0.15) is 5.69 Å². The van der Waals surface area contributed by atoms with Crippen molar-refractivity contribution in [3.63, 3.8) is 0 Å². The highest BCUT2D eigenvalue weighted by Crippen LogP contribution is 2.39. The highest BCUT2D eigenvalue weighted by molar-refractivity contribution is 6.33. The number of nitrogens with zero attached hydrogens (tertiary/aromatic N) is 3. The summed E-state index contributed by atoms with van der Waals surface area (Å²) >= 11 is 5.77. The third-order valence-electron chi connectivity index (χ3n) is 2.75. The first-order valence-corrected chi connectivity index (χ1v) is 5.91. The van der Waals surface area contributed by atoms with Gasteiger partial charge in [-0.3, -0.25) is 4.68 Å². The van der Waals surface area contributed by atoms with E-state index in [1.165, 1.54) is 7.05 Å². The molecular weight excluding hydrogens is 295 g/mol. The molecule has 0 bridgehead atoms. The van der Waals surface area contributed by atoms with Crippen molar-refractivity contribution in [3.05, 3.63) is 35.0 Å². The molecule has 0 atom stereocenters. The van der Waals surface area contributed by atoms with Gasteiger partial charge in [0, 0.05) is 7.05 Å². The van der Waals surface area contributed by atoms with Gasteiger partial charge in [-0.05, 0) is 12.1 Å². The predicted molar refractivity (Wildman–Crippen MR) is 66.2 cm³/mol. The Morgan fingerprint density at radius 1 is 1.25 bits per heavy atom. The maximum Gasteiger partial charge on any atom is 0.434 e. The normalized spacial score (nSPS) is 12.2. The molecule has 20 heavy (non-hydrogen) atoms. The number of aryl methyl sites for hydroxylation is 1. The second-order valence-corrected chi connectivity index (χ2v) is 4.50. The monoisotopic (exact) mass is 301 g/mol. The minimum Gasteiger partial charge on any atom is -0.435 e. The maximum absolute atomic E-state index is 12.8. The minimum absolute atomic E-state index is 0.0395. The van der Waals surface area contributed by atoms with Crippen LogP contribution in [0.2, 0.25) is 5.02 Å². The molecule has 0 aliphatic carbocycles. The van der Waals surface area contributed by atoms with Crippen molar-refractivity contribution >= 4 is 22.7 Å². The Labute approximate surface area is 115 Å². The SMILES string of the molecule is Cn1nc(-c2nc3ccccc3o2)c(Cl)c1C(F)(F)F. The third kappa shape index (κ3) is 1.94. The molecule has 0 radical (unpaired) electrons. The lowest BCUT2D eigenvalue weighted by atomic mass is 10.3. The van der Waals surface area contributed by atoms with Crippen molar-refractivity contribution in [2.24, 2.45) is 7.05 Å². The highest BCUT2D eigenvalue weighted by Gasteiger charge is 2.39. The van der Waals surface area contributed by atoms with Crippen molar-refractivity contribution in [2.75, 3.05) is 0 Å². The van der Waals surface area contributed by atoms with E-state index >= 15 is 0 Å². The number of rotatable bonds is 1. The summed E-state index contributed by atoms with van der Waals surface area (Å²) in [5.74, 6) is -0.0395. The molecule has 2 aromatic heterocycles. The van der Waals surface area contributed by atoms with Gasteiger partial charge in [-0.25, -0.2) is 4.98 Å². The van der Waals surface area contributed by atoms with Gasteiger partial charge in [0.15, 0.2) is 17.0 Å². The molecule has 3 aromatic rings. The van der Waals surface area contributed by atoms with Gasteiger partial charge in [0.05, 0.1) is 0 Å². The Kier molecular flexibility index (Phi) is 2.75. The Bertz CT molecular complexity index is 758.